The van der Waals surface area contributed by atoms with Crippen molar-refractivity contribution in [1.29, 1.82) is 0 Å². The van der Waals surface area contributed by atoms with Gasteiger partial charge in [-0.1, -0.05) is 0 Å². The van der Waals surface area contributed by atoms with E-state index in [1.165, 1.54) is 0 Å². The number of phenols is 1. The third kappa shape index (κ3) is 13.1. The first-order chi connectivity index (χ1) is 23.5. The molecule has 4 rings (SSSR count). The summed E-state index contributed by atoms with van der Waals surface area (Å²) in [5.41, 5.74) is -3.92. The number of hydrogen-bond donors (Lipinski definition) is 3. The highest BCUT2D eigenvalue weighted by Crippen LogP contribution is 2.34. The van der Waals surface area contributed by atoms with Crippen molar-refractivity contribution in [3.05, 3.63) is 111 Å². The topological polar surface area (TPSA) is 123 Å². The van der Waals surface area contributed by atoms with Crippen molar-refractivity contribution in [2.75, 3.05) is 0 Å². The molecule has 0 aliphatic heterocycles. The molecule has 0 aromatic heterocycles. The average Bonchev–Trinajstić information content (AvgIpc) is 2.98. The average molecular weight is 813 g/mol. The molecule has 0 spiro atoms. The third-order valence-corrected chi connectivity index (χ3v) is 6.17. The first-order valence-corrected chi connectivity index (χ1v) is 13.7. The summed E-state index contributed by atoms with van der Waals surface area (Å²) in [5.74, 6) is -8.23. The van der Waals surface area contributed by atoms with Crippen molar-refractivity contribution in [2.45, 2.75) is 25.6 Å². The SMILES string of the molecule is O=C(O)c1c(Br)ccc(C(F)F)c1F.O=C(O)c1c(Oc2ccc(OC(F)(F)F)cc2)ccc(C(F)F)c1F.Oc1ccc(OC(F)(F)F)cc1. The summed E-state index contributed by atoms with van der Waals surface area (Å²) in [6.45, 7) is 0. The maximum Gasteiger partial charge on any atom is 0.573 e. The van der Waals surface area contributed by atoms with E-state index in [4.69, 9.17) is 20.1 Å². The van der Waals surface area contributed by atoms with Crippen LogP contribution in [0.2, 0.25) is 0 Å². The first kappa shape index (κ1) is 41.8. The van der Waals surface area contributed by atoms with Gasteiger partial charge in [0.2, 0.25) is 0 Å². The van der Waals surface area contributed by atoms with E-state index in [0.717, 1.165) is 66.7 Å². The van der Waals surface area contributed by atoms with Gasteiger partial charge in [0.1, 0.15) is 51.5 Å². The third-order valence-electron chi connectivity index (χ3n) is 5.51. The minimum Gasteiger partial charge on any atom is -0.508 e. The van der Waals surface area contributed by atoms with Crippen molar-refractivity contribution in [2.24, 2.45) is 0 Å². The summed E-state index contributed by atoms with van der Waals surface area (Å²) in [4.78, 5) is 21.6. The molecule has 0 aliphatic rings. The molecule has 4 aromatic carbocycles. The molecule has 21 heteroatoms. The van der Waals surface area contributed by atoms with Gasteiger partial charge in [-0.15, -0.1) is 26.3 Å². The molecule has 0 amide bonds. The molecule has 8 nitrogen and oxygen atoms in total. The van der Waals surface area contributed by atoms with Gasteiger partial charge in [0.15, 0.2) is 0 Å². The number of alkyl halides is 10. The summed E-state index contributed by atoms with van der Waals surface area (Å²) in [5, 5.41) is 26.2. The molecule has 0 atom stereocenters. The van der Waals surface area contributed by atoms with Crippen LogP contribution in [0.4, 0.5) is 52.7 Å². The second-order valence-electron chi connectivity index (χ2n) is 9.04. The van der Waals surface area contributed by atoms with Crippen molar-refractivity contribution >= 4 is 27.9 Å². The molecule has 0 bridgehead atoms. The Morgan fingerprint density at radius 1 is 0.588 bits per heavy atom. The lowest BCUT2D eigenvalue weighted by Gasteiger charge is -2.13. The number of aromatic hydroxyl groups is 1. The van der Waals surface area contributed by atoms with Crippen LogP contribution in [0.1, 0.15) is 44.7 Å². The van der Waals surface area contributed by atoms with E-state index in [-0.39, 0.29) is 21.7 Å². The number of benzene rings is 4. The Balaban J connectivity index is 0.000000292. The number of carboxylic acids is 2. The van der Waals surface area contributed by atoms with E-state index in [1.54, 1.807) is 0 Å². The standard InChI is InChI=1S/C15H8F6O4.C8H4BrF3O2.C7H5F3O2/c16-12-9(13(17)18)5-6-10(11(12)14(22)23)24-7-1-3-8(4-2-7)25-15(19,20)21;9-4-2-1-3(7(11)12)6(10)5(4)8(13)14;8-7(9,10)12-6-3-1-5(11)2-4-6/h1-6,13H,(H,22,23);1-2,7H,(H,13,14);1-4,11H. The van der Waals surface area contributed by atoms with Crippen LogP contribution in [0.15, 0.2) is 77.3 Å². The van der Waals surface area contributed by atoms with Crippen LogP contribution in [0.5, 0.6) is 28.7 Å². The number of phenolic OH excluding ortho intramolecular Hbond substituents is 1. The highest BCUT2D eigenvalue weighted by molar-refractivity contribution is 9.10. The number of hydrogen-bond acceptors (Lipinski definition) is 6. The predicted octanol–water partition coefficient (Wildman–Crippen LogP) is 10.7. The Kier molecular flexibility index (Phi) is 14.4. The van der Waals surface area contributed by atoms with Gasteiger partial charge in [0, 0.05) is 4.47 Å². The summed E-state index contributed by atoms with van der Waals surface area (Å²) in [6.07, 6.45) is -15.8. The molecule has 51 heavy (non-hydrogen) atoms. The summed E-state index contributed by atoms with van der Waals surface area (Å²) >= 11 is 2.77. The van der Waals surface area contributed by atoms with E-state index in [9.17, 15) is 62.3 Å². The Morgan fingerprint density at radius 2 is 0.961 bits per heavy atom. The van der Waals surface area contributed by atoms with Crippen LogP contribution < -0.4 is 14.2 Å². The molecule has 0 unspecified atom stereocenters. The van der Waals surface area contributed by atoms with Crippen molar-refractivity contribution in [3.63, 3.8) is 0 Å². The number of aromatic carboxylic acids is 2. The summed E-state index contributed by atoms with van der Waals surface area (Å²) in [7, 11) is 0. The Morgan fingerprint density at radius 3 is 1.35 bits per heavy atom. The quantitative estimate of drug-likeness (QED) is 0.150. The maximum atomic E-state index is 13.9. The zero-order chi connectivity index (χ0) is 38.8. The van der Waals surface area contributed by atoms with Crippen molar-refractivity contribution < 1.29 is 91.8 Å². The van der Waals surface area contributed by atoms with E-state index in [2.05, 4.69) is 25.4 Å². The van der Waals surface area contributed by atoms with E-state index < -0.39 is 82.9 Å². The molecule has 0 aliphatic carbocycles. The minimum atomic E-state index is -4.90. The predicted molar refractivity (Wildman–Crippen MR) is 152 cm³/mol. The number of halogens is 13. The van der Waals surface area contributed by atoms with Gasteiger partial charge in [0.05, 0.1) is 11.1 Å². The molecule has 276 valence electrons. The molecule has 3 N–H and O–H groups in total. The second-order valence-corrected chi connectivity index (χ2v) is 9.90. The smallest absolute Gasteiger partial charge is 0.508 e. The fourth-order valence-electron chi connectivity index (χ4n) is 3.44. The fourth-order valence-corrected chi connectivity index (χ4v) is 3.92. The lowest BCUT2D eigenvalue weighted by atomic mass is 10.1. The fraction of sp³-hybridized carbons (Fsp3) is 0.133. The Labute approximate surface area is 285 Å². The van der Waals surface area contributed by atoms with Gasteiger partial charge in [0.25, 0.3) is 12.9 Å². The summed E-state index contributed by atoms with van der Waals surface area (Å²) < 4.78 is 160. The molecular formula is C30H17BrF12O8. The number of ether oxygens (including phenoxy) is 3. The molecule has 0 heterocycles. The molecule has 4 aromatic rings. The highest BCUT2D eigenvalue weighted by atomic mass is 79.9. The largest absolute Gasteiger partial charge is 0.573 e. The van der Waals surface area contributed by atoms with Crippen LogP contribution in [-0.2, 0) is 0 Å². The van der Waals surface area contributed by atoms with E-state index in [1.807, 2.05) is 0 Å². The van der Waals surface area contributed by atoms with Crippen molar-refractivity contribution in [1.82, 2.24) is 0 Å². The highest BCUT2D eigenvalue weighted by Gasteiger charge is 2.32. The van der Waals surface area contributed by atoms with E-state index >= 15 is 0 Å². The Bertz CT molecular complexity index is 1800. The lowest BCUT2D eigenvalue weighted by molar-refractivity contribution is -0.275. The normalized spacial score (nSPS) is 11.2. The monoisotopic (exact) mass is 812 g/mol. The summed E-state index contributed by atoms with van der Waals surface area (Å²) in [6, 6.07) is 11.5. The van der Waals surface area contributed by atoms with Crippen LogP contribution in [0, 0.1) is 11.6 Å². The van der Waals surface area contributed by atoms with Crippen LogP contribution in [0.25, 0.3) is 0 Å². The molecule has 0 radical (unpaired) electrons. The molecule has 0 saturated carbocycles. The van der Waals surface area contributed by atoms with Gasteiger partial charge >= 0.3 is 24.7 Å². The molecule has 0 saturated heterocycles. The zero-order valence-corrected chi connectivity index (χ0v) is 26.0. The molecular weight excluding hydrogens is 796 g/mol. The van der Waals surface area contributed by atoms with Gasteiger partial charge in [-0.3, -0.25) is 0 Å². The zero-order valence-electron chi connectivity index (χ0n) is 24.4. The van der Waals surface area contributed by atoms with E-state index in [0.29, 0.717) is 6.07 Å². The number of carbonyl (C=O) groups is 2. The Hall–Kier alpha value is -5.34. The van der Waals surface area contributed by atoms with Gasteiger partial charge in [-0.25, -0.2) is 35.9 Å². The van der Waals surface area contributed by atoms with Crippen LogP contribution in [0.3, 0.4) is 0 Å². The first-order valence-electron chi connectivity index (χ1n) is 12.9. The maximum absolute atomic E-state index is 13.9. The van der Waals surface area contributed by atoms with Crippen LogP contribution >= 0.6 is 15.9 Å². The van der Waals surface area contributed by atoms with Crippen molar-refractivity contribution in [3.8, 4) is 28.7 Å². The number of carboxylic acid groups (broad SMARTS) is 2. The second kappa shape index (κ2) is 17.5. The minimum absolute atomic E-state index is 0.0631. The van der Waals surface area contributed by atoms with Gasteiger partial charge in [-0.2, -0.15) is 0 Å². The molecule has 0 fully saturated rings. The number of rotatable bonds is 8. The van der Waals surface area contributed by atoms with Gasteiger partial charge in [-0.05, 0) is 88.7 Å². The van der Waals surface area contributed by atoms with Gasteiger partial charge < -0.3 is 29.5 Å². The van der Waals surface area contributed by atoms with Crippen LogP contribution in [-0.4, -0.2) is 40.0 Å². The lowest BCUT2D eigenvalue weighted by Crippen LogP contribution is -2.16.